The topological polar surface area (TPSA) is 31.2 Å². The van der Waals surface area contributed by atoms with Gasteiger partial charge in [-0.25, -0.2) is 0 Å². The fraction of sp³-hybridized carbons (Fsp3) is 0.118. The Kier molecular flexibility index (Phi) is 3.55. The minimum absolute atomic E-state index is 0.00940. The third-order valence-electron chi connectivity index (χ3n) is 3.56. The molecule has 0 amide bonds. The van der Waals surface area contributed by atoms with E-state index in [1.807, 2.05) is 42.1 Å². The highest BCUT2D eigenvalue weighted by Gasteiger charge is 2.16. The molecule has 1 heterocycles. The zero-order chi connectivity index (χ0) is 15.0. The van der Waals surface area contributed by atoms with Gasteiger partial charge in [0.1, 0.15) is 5.75 Å². The summed E-state index contributed by atoms with van der Waals surface area (Å²) >= 11 is 3.42. The molecular weight excluding hydrogens is 330 g/mol. The number of methoxy groups -OCH3 is 1. The highest BCUT2D eigenvalue weighted by atomic mass is 79.9. The van der Waals surface area contributed by atoms with E-state index in [0.29, 0.717) is 16.9 Å². The number of ketones is 1. The molecule has 0 saturated heterocycles. The molecule has 3 aromatic rings. The van der Waals surface area contributed by atoms with Crippen LogP contribution in [0.25, 0.3) is 10.9 Å². The van der Waals surface area contributed by atoms with Crippen molar-refractivity contribution in [3.8, 4) is 5.75 Å². The van der Waals surface area contributed by atoms with Crippen molar-refractivity contribution in [2.75, 3.05) is 7.11 Å². The van der Waals surface area contributed by atoms with Gasteiger partial charge in [-0.2, -0.15) is 0 Å². The monoisotopic (exact) mass is 343 g/mol. The van der Waals surface area contributed by atoms with E-state index in [1.54, 1.807) is 25.3 Å². The van der Waals surface area contributed by atoms with Gasteiger partial charge in [0, 0.05) is 35.3 Å². The number of para-hydroxylation sites is 1. The number of benzene rings is 2. The van der Waals surface area contributed by atoms with Gasteiger partial charge in [-0.3, -0.25) is 4.79 Å². The molecule has 0 aliphatic carbocycles. The lowest BCUT2D eigenvalue weighted by atomic mass is 10.0. The molecule has 3 nitrogen and oxygen atoms in total. The Morgan fingerprint density at radius 2 is 1.95 bits per heavy atom. The minimum atomic E-state index is 0.00940. The highest BCUT2D eigenvalue weighted by molar-refractivity contribution is 9.10. The molecule has 0 aliphatic rings. The number of carbonyl (C=O) groups is 1. The number of hydrogen-bond acceptors (Lipinski definition) is 2. The second-order valence-corrected chi connectivity index (χ2v) is 5.70. The average molecular weight is 344 g/mol. The van der Waals surface area contributed by atoms with E-state index in [9.17, 15) is 4.79 Å². The summed E-state index contributed by atoms with van der Waals surface area (Å²) < 4.78 is 7.94. The number of halogens is 1. The average Bonchev–Trinajstić information content (AvgIpc) is 2.84. The van der Waals surface area contributed by atoms with Gasteiger partial charge in [-0.1, -0.05) is 18.2 Å². The van der Waals surface area contributed by atoms with Gasteiger partial charge in [-0.15, -0.1) is 0 Å². The Morgan fingerprint density at radius 3 is 2.67 bits per heavy atom. The highest BCUT2D eigenvalue weighted by Crippen LogP contribution is 2.28. The van der Waals surface area contributed by atoms with E-state index in [1.165, 1.54) is 0 Å². The van der Waals surface area contributed by atoms with Crippen LogP contribution in [0.1, 0.15) is 15.9 Å². The molecule has 0 atom stereocenters. The van der Waals surface area contributed by atoms with Crippen molar-refractivity contribution in [1.82, 2.24) is 4.57 Å². The van der Waals surface area contributed by atoms with Crippen molar-refractivity contribution in [1.29, 1.82) is 0 Å². The Hall–Kier alpha value is -2.07. The number of rotatable bonds is 3. The van der Waals surface area contributed by atoms with Gasteiger partial charge in [0.15, 0.2) is 5.78 Å². The number of aryl methyl sites for hydroxylation is 1. The van der Waals surface area contributed by atoms with Crippen LogP contribution in [0.2, 0.25) is 0 Å². The molecule has 4 heteroatoms. The van der Waals surface area contributed by atoms with E-state index >= 15 is 0 Å². The molecular formula is C17H14BrNO2. The molecule has 0 aliphatic heterocycles. The second kappa shape index (κ2) is 5.37. The first-order chi connectivity index (χ1) is 10.1. The number of hydrogen-bond donors (Lipinski definition) is 0. The summed E-state index contributed by atoms with van der Waals surface area (Å²) in [7, 11) is 3.55. The van der Waals surface area contributed by atoms with Crippen LogP contribution in [0.15, 0.2) is 53.1 Å². The lowest BCUT2D eigenvalue weighted by molar-refractivity contribution is 0.104. The molecule has 0 spiro atoms. The molecule has 2 aromatic carbocycles. The van der Waals surface area contributed by atoms with Crippen LogP contribution in [0, 0.1) is 0 Å². The number of nitrogens with zero attached hydrogens (tertiary/aromatic N) is 1. The summed E-state index contributed by atoms with van der Waals surface area (Å²) in [5.74, 6) is 0.722. The lowest BCUT2D eigenvalue weighted by Crippen LogP contribution is -2.01. The van der Waals surface area contributed by atoms with E-state index in [4.69, 9.17) is 4.74 Å². The smallest absolute Gasteiger partial charge is 0.195 e. The molecule has 0 fully saturated rings. The second-order valence-electron chi connectivity index (χ2n) is 4.85. The van der Waals surface area contributed by atoms with Gasteiger partial charge in [0.2, 0.25) is 0 Å². The maximum absolute atomic E-state index is 12.8. The third kappa shape index (κ3) is 2.36. The molecule has 106 valence electrons. The quantitative estimate of drug-likeness (QED) is 0.668. The molecule has 1 aromatic heterocycles. The normalized spacial score (nSPS) is 10.8. The predicted octanol–water partition coefficient (Wildman–Crippen LogP) is 4.18. The van der Waals surface area contributed by atoms with Crippen LogP contribution in [-0.4, -0.2) is 17.5 Å². The molecule has 0 N–H and O–H groups in total. The fourth-order valence-corrected chi connectivity index (χ4v) is 3.03. The third-order valence-corrected chi connectivity index (χ3v) is 4.18. The largest absolute Gasteiger partial charge is 0.496 e. The maximum Gasteiger partial charge on any atom is 0.195 e. The summed E-state index contributed by atoms with van der Waals surface area (Å²) in [6, 6.07) is 13.3. The van der Waals surface area contributed by atoms with Crippen LogP contribution in [0.5, 0.6) is 5.75 Å². The van der Waals surface area contributed by atoms with Gasteiger partial charge < -0.3 is 9.30 Å². The lowest BCUT2D eigenvalue weighted by Gasteiger charge is -2.05. The first-order valence-electron chi connectivity index (χ1n) is 6.54. The maximum atomic E-state index is 12.8. The zero-order valence-corrected chi connectivity index (χ0v) is 13.3. The number of aromatic nitrogens is 1. The number of fused-ring (bicyclic) bond motifs is 1. The summed E-state index contributed by atoms with van der Waals surface area (Å²) in [4.78, 5) is 12.8. The van der Waals surface area contributed by atoms with Crippen LogP contribution in [0.4, 0.5) is 0 Å². The first kappa shape index (κ1) is 13.9. The van der Waals surface area contributed by atoms with E-state index in [-0.39, 0.29) is 5.78 Å². The van der Waals surface area contributed by atoms with Crippen molar-refractivity contribution < 1.29 is 9.53 Å². The molecule has 0 unspecified atom stereocenters. The molecule has 3 rings (SSSR count). The van der Waals surface area contributed by atoms with E-state index in [0.717, 1.165) is 15.4 Å². The summed E-state index contributed by atoms with van der Waals surface area (Å²) in [5.41, 5.74) is 2.40. The summed E-state index contributed by atoms with van der Waals surface area (Å²) in [6.45, 7) is 0. The Labute approximate surface area is 131 Å². The minimum Gasteiger partial charge on any atom is -0.496 e. The van der Waals surface area contributed by atoms with Crippen LogP contribution >= 0.6 is 15.9 Å². The SMILES string of the molecule is COc1ccc(C(=O)c2cn(C)c3ccccc23)cc1Br. The van der Waals surface area contributed by atoms with E-state index in [2.05, 4.69) is 15.9 Å². The van der Waals surface area contributed by atoms with Gasteiger partial charge >= 0.3 is 0 Å². The van der Waals surface area contributed by atoms with Gasteiger partial charge in [0.05, 0.1) is 11.6 Å². The molecule has 0 radical (unpaired) electrons. The Bertz CT molecular complexity index is 836. The predicted molar refractivity (Wildman–Crippen MR) is 87.0 cm³/mol. The van der Waals surface area contributed by atoms with Crippen molar-refractivity contribution in [3.63, 3.8) is 0 Å². The molecule has 0 bridgehead atoms. The number of ether oxygens (including phenoxy) is 1. The first-order valence-corrected chi connectivity index (χ1v) is 7.33. The molecule has 0 saturated carbocycles. The molecule has 21 heavy (non-hydrogen) atoms. The van der Waals surface area contributed by atoms with Crippen molar-refractivity contribution in [2.45, 2.75) is 0 Å². The Morgan fingerprint density at radius 1 is 1.19 bits per heavy atom. The zero-order valence-electron chi connectivity index (χ0n) is 11.8. The Balaban J connectivity index is 2.10. The van der Waals surface area contributed by atoms with E-state index < -0.39 is 0 Å². The van der Waals surface area contributed by atoms with Crippen molar-refractivity contribution in [3.05, 3.63) is 64.3 Å². The van der Waals surface area contributed by atoms with Crippen molar-refractivity contribution in [2.24, 2.45) is 7.05 Å². The summed E-state index contributed by atoms with van der Waals surface area (Å²) in [6.07, 6.45) is 1.88. The fourth-order valence-electron chi connectivity index (χ4n) is 2.49. The standard InChI is InChI=1S/C17H14BrNO2/c1-19-10-13(12-5-3-4-6-15(12)19)17(20)11-7-8-16(21-2)14(18)9-11/h3-10H,1-2H3. The van der Waals surface area contributed by atoms with Gasteiger partial charge in [-0.05, 0) is 40.2 Å². The van der Waals surface area contributed by atoms with Crippen LogP contribution in [0.3, 0.4) is 0 Å². The number of carbonyl (C=O) groups excluding carboxylic acids is 1. The van der Waals surface area contributed by atoms with Gasteiger partial charge in [0.25, 0.3) is 0 Å². The van der Waals surface area contributed by atoms with Crippen LogP contribution in [-0.2, 0) is 7.05 Å². The summed E-state index contributed by atoms with van der Waals surface area (Å²) in [5, 5.41) is 0.969. The van der Waals surface area contributed by atoms with Crippen molar-refractivity contribution >= 4 is 32.6 Å². The van der Waals surface area contributed by atoms with Crippen LogP contribution < -0.4 is 4.74 Å².